The van der Waals surface area contributed by atoms with Gasteiger partial charge in [0, 0.05) is 47.4 Å². The molecular weight excluding hydrogens is 382 g/mol. The number of amides is 1. The van der Waals surface area contributed by atoms with Crippen molar-refractivity contribution < 1.29 is 14.3 Å². The highest BCUT2D eigenvalue weighted by molar-refractivity contribution is 5.94. The van der Waals surface area contributed by atoms with Crippen LogP contribution in [0.1, 0.15) is 28.5 Å². The van der Waals surface area contributed by atoms with Crippen LogP contribution in [0.4, 0.5) is 5.69 Å². The van der Waals surface area contributed by atoms with Crippen LogP contribution in [0.3, 0.4) is 0 Å². The van der Waals surface area contributed by atoms with E-state index in [2.05, 4.69) is 10.3 Å². The standard InChI is InChI=1S/C23H23N3O4/c1-2-30-23(29)15-7-9-16(10-8-15)24-21(27)14-26-12-11-20-18(13-26)22(28)17-5-3-4-6-19(17)25-20/h3-10H,2,11-14H2,1H3,(H,24,27)(H,25,28). The highest BCUT2D eigenvalue weighted by Gasteiger charge is 2.22. The van der Waals surface area contributed by atoms with Gasteiger partial charge < -0.3 is 15.0 Å². The number of rotatable bonds is 5. The maximum atomic E-state index is 12.8. The summed E-state index contributed by atoms with van der Waals surface area (Å²) in [6.07, 6.45) is 0.691. The number of nitrogens with zero attached hydrogens (tertiary/aromatic N) is 1. The van der Waals surface area contributed by atoms with E-state index in [1.165, 1.54) is 0 Å². The fourth-order valence-electron chi connectivity index (χ4n) is 3.72. The van der Waals surface area contributed by atoms with Gasteiger partial charge in [-0.05, 0) is 43.3 Å². The quantitative estimate of drug-likeness (QED) is 0.637. The molecule has 7 heteroatoms. The van der Waals surface area contributed by atoms with Gasteiger partial charge in [-0.2, -0.15) is 0 Å². The lowest BCUT2D eigenvalue weighted by molar-refractivity contribution is -0.117. The molecule has 2 aromatic carbocycles. The van der Waals surface area contributed by atoms with Crippen LogP contribution in [0.15, 0.2) is 53.3 Å². The van der Waals surface area contributed by atoms with Gasteiger partial charge in [-0.1, -0.05) is 12.1 Å². The number of pyridine rings is 1. The summed E-state index contributed by atoms with van der Waals surface area (Å²) in [6.45, 7) is 3.38. The number of esters is 1. The molecule has 0 radical (unpaired) electrons. The van der Waals surface area contributed by atoms with Crippen LogP contribution in [0, 0.1) is 0 Å². The second-order valence-electron chi connectivity index (χ2n) is 7.26. The Labute approximate surface area is 173 Å². The van der Waals surface area contributed by atoms with E-state index in [1.807, 2.05) is 29.2 Å². The molecule has 0 saturated carbocycles. The number of H-pyrrole nitrogens is 1. The van der Waals surface area contributed by atoms with Gasteiger partial charge in [0.05, 0.1) is 18.7 Å². The lowest BCUT2D eigenvalue weighted by Gasteiger charge is -2.27. The number of ether oxygens (including phenoxy) is 1. The van der Waals surface area contributed by atoms with Gasteiger partial charge in [0.15, 0.2) is 5.43 Å². The third-order valence-electron chi connectivity index (χ3n) is 5.20. The van der Waals surface area contributed by atoms with Crippen LogP contribution in [0.25, 0.3) is 10.9 Å². The van der Waals surface area contributed by atoms with Crippen LogP contribution >= 0.6 is 0 Å². The van der Waals surface area contributed by atoms with E-state index in [9.17, 15) is 14.4 Å². The number of aromatic amines is 1. The van der Waals surface area contributed by atoms with Crippen molar-refractivity contribution in [3.8, 4) is 0 Å². The Kier molecular flexibility index (Phi) is 5.63. The number of carbonyl (C=O) groups is 2. The molecule has 1 aliphatic heterocycles. The molecule has 0 aliphatic carbocycles. The Hall–Kier alpha value is -3.45. The van der Waals surface area contributed by atoms with Gasteiger partial charge in [0.2, 0.25) is 5.91 Å². The Morgan fingerprint density at radius 1 is 1.13 bits per heavy atom. The number of para-hydroxylation sites is 1. The maximum Gasteiger partial charge on any atom is 0.338 e. The van der Waals surface area contributed by atoms with Gasteiger partial charge in [-0.3, -0.25) is 14.5 Å². The zero-order valence-electron chi connectivity index (χ0n) is 16.7. The molecule has 154 valence electrons. The third-order valence-corrected chi connectivity index (χ3v) is 5.20. The summed E-state index contributed by atoms with van der Waals surface area (Å²) in [5, 5.41) is 3.51. The fraction of sp³-hybridized carbons (Fsp3) is 0.261. The number of anilines is 1. The third kappa shape index (κ3) is 4.11. The van der Waals surface area contributed by atoms with Gasteiger partial charge in [-0.25, -0.2) is 4.79 Å². The van der Waals surface area contributed by atoms with E-state index in [1.54, 1.807) is 31.2 Å². The SMILES string of the molecule is CCOC(=O)c1ccc(NC(=O)CN2CCc3[nH]c4ccccc4c(=O)c3C2)cc1. The number of hydrogen-bond acceptors (Lipinski definition) is 5. The zero-order chi connectivity index (χ0) is 21.1. The van der Waals surface area contributed by atoms with Crippen molar-refractivity contribution in [1.29, 1.82) is 0 Å². The molecule has 1 amide bonds. The summed E-state index contributed by atoms with van der Waals surface area (Å²) in [4.78, 5) is 42.4. The first-order chi connectivity index (χ1) is 14.5. The van der Waals surface area contributed by atoms with Crippen molar-refractivity contribution in [1.82, 2.24) is 9.88 Å². The number of aromatic nitrogens is 1. The van der Waals surface area contributed by atoms with Crippen LogP contribution < -0.4 is 10.7 Å². The fourth-order valence-corrected chi connectivity index (χ4v) is 3.72. The molecule has 0 fully saturated rings. The van der Waals surface area contributed by atoms with Crippen molar-refractivity contribution in [2.24, 2.45) is 0 Å². The molecule has 0 unspecified atom stereocenters. The first kappa shape index (κ1) is 19.8. The molecular formula is C23H23N3O4. The van der Waals surface area contributed by atoms with Crippen LogP contribution in [0.5, 0.6) is 0 Å². The lowest BCUT2D eigenvalue weighted by Crippen LogP contribution is -2.39. The molecule has 2 heterocycles. The van der Waals surface area contributed by atoms with Crippen molar-refractivity contribution in [2.75, 3.05) is 25.0 Å². The summed E-state index contributed by atoms with van der Waals surface area (Å²) in [5.74, 6) is -0.556. The molecule has 0 atom stereocenters. The van der Waals surface area contributed by atoms with Crippen molar-refractivity contribution in [3.05, 3.63) is 75.6 Å². The zero-order valence-corrected chi connectivity index (χ0v) is 16.7. The molecule has 0 saturated heterocycles. The normalized spacial score (nSPS) is 13.6. The minimum Gasteiger partial charge on any atom is -0.462 e. The summed E-state index contributed by atoms with van der Waals surface area (Å²) in [7, 11) is 0. The topological polar surface area (TPSA) is 91.5 Å². The highest BCUT2D eigenvalue weighted by Crippen LogP contribution is 2.18. The number of hydrogen-bond donors (Lipinski definition) is 2. The highest BCUT2D eigenvalue weighted by atomic mass is 16.5. The smallest absolute Gasteiger partial charge is 0.338 e. The maximum absolute atomic E-state index is 12.8. The van der Waals surface area contributed by atoms with E-state index in [0.29, 0.717) is 42.8 Å². The molecule has 2 N–H and O–H groups in total. The number of nitrogens with one attached hydrogen (secondary N) is 2. The summed E-state index contributed by atoms with van der Waals surface area (Å²) in [5.41, 5.74) is 3.59. The van der Waals surface area contributed by atoms with Crippen LogP contribution in [0.2, 0.25) is 0 Å². The largest absolute Gasteiger partial charge is 0.462 e. The summed E-state index contributed by atoms with van der Waals surface area (Å²) in [6, 6.07) is 14.1. The Morgan fingerprint density at radius 2 is 1.90 bits per heavy atom. The van der Waals surface area contributed by atoms with E-state index in [0.717, 1.165) is 16.8 Å². The molecule has 1 aromatic heterocycles. The molecule has 4 rings (SSSR count). The predicted molar refractivity (Wildman–Crippen MR) is 115 cm³/mol. The minimum absolute atomic E-state index is 0.0269. The number of fused-ring (bicyclic) bond motifs is 2. The first-order valence-electron chi connectivity index (χ1n) is 9.97. The monoisotopic (exact) mass is 405 g/mol. The molecule has 1 aliphatic rings. The van der Waals surface area contributed by atoms with Gasteiger partial charge in [0.1, 0.15) is 0 Å². The average Bonchev–Trinajstić information content (AvgIpc) is 2.75. The minimum atomic E-state index is -0.389. The summed E-state index contributed by atoms with van der Waals surface area (Å²) >= 11 is 0. The van der Waals surface area contributed by atoms with E-state index < -0.39 is 0 Å². The molecule has 3 aromatic rings. The molecule has 7 nitrogen and oxygen atoms in total. The van der Waals surface area contributed by atoms with E-state index >= 15 is 0 Å². The second-order valence-corrected chi connectivity index (χ2v) is 7.26. The van der Waals surface area contributed by atoms with Crippen LogP contribution in [-0.4, -0.2) is 41.5 Å². The Bertz CT molecular complexity index is 1150. The van der Waals surface area contributed by atoms with Gasteiger partial charge in [0.25, 0.3) is 0 Å². The number of carbonyl (C=O) groups excluding carboxylic acids is 2. The summed E-state index contributed by atoms with van der Waals surface area (Å²) < 4.78 is 4.95. The average molecular weight is 405 g/mol. The van der Waals surface area contributed by atoms with Gasteiger partial charge >= 0.3 is 5.97 Å². The van der Waals surface area contributed by atoms with E-state index in [4.69, 9.17) is 4.74 Å². The Morgan fingerprint density at radius 3 is 2.67 bits per heavy atom. The van der Waals surface area contributed by atoms with Gasteiger partial charge in [-0.15, -0.1) is 0 Å². The van der Waals surface area contributed by atoms with Crippen LogP contribution in [-0.2, 0) is 22.5 Å². The van der Waals surface area contributed by atoms with Crippen molar-refractivity contribution in [3.63, 3.8) is 0 Å². The van der Waals surface area contributed by atoms with Crippen molar-refractivity contribution >= 4 is 28.5 Å². The molecule has 0 spiro atoms. The lowest BCUT2D eigenvalue weighted by atomic mass is 10.0. The molecule has 30 heavy (non-hydrogen) atoms. The molecule has 0 bridgehead atoms. The van der Waals surface area contributed by atoms with Crippen molar-refractivity contribution in [2.45, 2.75) is 19.9 Å². The van der Waals surface area contributed by atoms with E-state index in [-0.39, 0.29) is 23.9 Å². The Balaban J connectivity index is 1.41. The predicted octanol–water partition coefficient (Wildman–Crippen LogP) is 2.70. The number of benzene rings is 2. The first-order valence-corrected chi connectivity index (χ1v) is 9.97. The second kappa shape index (κ2) is 8.51.